The van der Waals surface area contributed by atoms with Crippen LogP contribution < -0.4 is 10.1 Å². The highest BCUT2D eigenvalue weighted by molar-refractivity contribution is 7.17. The Kier molecular flexibility index (Phi) is 5.62. The number of hydrogen-bond donors (Lipinski definition) is 1. The molecule has 8 heteroatoms. The lowest BCUT2D eigenvalue weighted by molar-refractivity contribution is -0.122. The molecule has 0 saturated heterocycles. The van der Waals surface area contributed by atoms with Crippen LogP contribution in [0.15, 0.2) is 18.2 Å². The van der Waals surface area contributed by atoms with Gasteiger partial charge in [0.15, 0.2) is 17.0 Å². The maximum absolute atomic E-state index is 12.2. The molecule has 1 unspecified atom stereocenters. The van der Waals surface area contributed by atoms with Gasteiger partial charge in [-0.05, 0) is 32.0 Å². The highest BCUT2D eigenvalue weighted by Crippen LogP contribution is 2.29. The number of hydrogen-bond acceptors (Lipinski definition) is 5. The normalized spacial score (nSPS) is 11.9. The van der Waals surface area contributed by atoms with Crippen molar-refractivity contribution < 1.29 is 14.3 Å². The third kappa shape index (κ3) is 4.43. The Morgan fingerprint density at radius 2 is 2.04 bits per heavy atom. The van der Waals surface area contributed by atoms with Crippen LogP contribution in [0.4, 0.5) is 5.13 Å². The quantitative estimate of drug-likeness (QED) is 0.791. The molecule has 1 heterocycles. The van der Waals surface area contributed by atoms with Crippen LogP contribution in [0.25, 0.3) is 0 Å². The molecule has 1 aromatic carbocycles. The van der Waals surface area contributed by atoms with E-state index >= 15 is 0 Å². The molecule has 0 aliphatic heterocycles. The summed E-state index contributed by atoms with van der Waals surface area (Å²) in [6.45, 7) is 4.77. The largest absolute Gasteiger partial charge is 0.479 e. The number of ketones is 1. The Hall–Kier alpha value is -1.63. The van der Waals surface area contributed by atoms with Crippen LogP contribution in [-0.4, -0.2) is 22.8 Å². The molecule has 5 nitrogen and oxygen atoms in total. The standard InChI is InChI=1S/C15H14Cl2N2O3S/c1-7-13(8(2)20)23-15(18-7)19-14(21)9(3)22-12-5-4-10(16)6-11(12)17/h4-6,9H,1-3H3,(H,18,19,21). The van der Waals surface area contributed by atoms with Crippen molar-refractivity contribution >= 4 is 51.4 Å². The van der Waals surface area contributed by atoms with Crippen LogP contribution in [-0.2, 0) is 4.79 Å². The first-order valence-corrected chi connectivity index (χ1v) is 8.26. The van der Waals surface area contributed by atoms with Gasteiger partial charge in [0.2, 0.25) is 0 Å². The predicted molar refractivity (Wildman–Crippen MR) is 92.0 cm³/mol. The molecule has 1 atom stereocenters. The zero-order valence-corrected chi connectivity index (χ0v) is 15.0. The second kappa shape index (κ2) is 7.29. The number of anilines is 1. The van der Waals surface area contributed by atoms with E-state index in [0.717, 1.165) is 11.3 Å². The van der Waals surface area contributed by atoms with Crippen molar-refractivity contribution in [3.63, 3.8) is 0 Å². The molecule has 0 aliphatic carbocycles. The molecular formula is C15H14Cl2N2O3S. The van der Waals surface area contributed by atoms with Crippen molar-refractivity contribution in [1.82, 2.24) is 4.98 Å². The van der Waals surface area contributed by atoms with Crippen molar-refractivity contribution in [2.75, 3.05) is 5.32 Å². The summed E-state index contributed by atoms with van der Waals surface area (Å²) in [7, 11) is 0. The van der Waals surface area contributed by atoms with Gasteiger partial charge in [-0.1, -0.05) is 34.5 Å². The highest BCUT2D eigenvalue weighted by Gasteiger charge is 2.19. The number of nitrogens with zero attached hydrogens (tertiary/aromatic N) is 1. The number of halogens is 2. The molecule has 1 amide bonds. The molecule has 0 spiro atoms. The predicted octanol–water partition coefficient (Wildman–Crippen LogP) is 4.37. The Morgan fingerprint density at radius 3 is 2.61 bits per heavy atom. The van der Waals surface area contributed by atoms with Crippen LogP contribution in [0, 0.1) is 6.92 Å². The van der Waals surface area contributed by atoms with E-state index in [0.29, 0.717) is 31.5 Å². The summed E-state index contributed by atoms with van der Waals surface area (Å²) in [5, 5.41) is 3.79. The minimum absolute atomic E-state index is 0.0854. The second-order valence-electron chi connectivity index (χ2n) is 4.81. The molecule has 0 fully saturated rings. The molecule has 0 aliphatic rings. The van der Waals surface area contributed by atoms with E-state index in [1.807, 2.05) is 0 Å². The zero-order chi connectivity index (χ0) is 17.1. The Balaban J connectivity index is 2.05. The average molecular weight is 373 g/mol. The SMILES string of the molecule is CC(=O)c1sc(NC(=O)C(C)Oc2ccc(Cl)cc2Cl)nc1C. The number of carbonyl (C=O) groups is 2. The summed E-state index contributed by atoms with van der Waals surface area (Å²) in [4.78, 5) is 28.3. The Bertz CT molecular complexity index is 761. The lowest BCUT2D eigenvalue weighted by Crippen LogP contribution is -2.30. The number of thiazole rings is 1. The smallest absolute Gasteiger partial charge is 0.266 e. The van der Waals surface area contributed by atoms with Crippen molar-refractivity contribution in [2.24, 2.45) is 0 Å². The summed E-state index contributed by atoms with van der Waals surface area (Å²) >= 11 is 13.0. The summed E-state index contributed by atoms with van der Waals surface area (Å²) < 4.78 is 5.53. The molecule has 0 saturated carbocycles. The number of rotatable bonds is 5. The van der Waals surface area contributed by atoms with Gasteiger partial charge in [-0.3, -0.25) is 14.9 Å². The fourth-order valence-electron chi connectivity index (χ4n) is 1.80. The first-order valence-electron chi connectivity index (χ1n) is 6.69. The molecule has 2 rings (SSSR count). The summed E-state index contributed by atoms with van der Waals surface area (Å²) in [5.41, 5.74) is 0.590. The van der Waals surface area contributed by atoms with Gasteiger partial charge in [0, 0.05) is 11.9 Å². The average Bonchev–Trinajstić information content (AvgIpc) is 2.82. The Labute approximate surface area is 147 Å². The molecule has 122 valence electrons. The first kappa shape index (κ1) is 17.7. The first-order chi connectivity index (χ1) is 10.8. The number of carbonyl (C=O) groups excluding carboxylic acids is 2. The van der Waals surface area contributed by atoms with Gasteiger partial charge in [0.05, 0.1) is 15.6 Å². The van der Waals surface area contributed by atoms with Crippen LogP contribution in [0.3, 0.4) is 0 Å². The molecule has 0 radical (unpaired) electrons. The van der Waals surface area contributed by atoms with Crippen LogP contribution in [0.2, 0.25) is 10.0 Å². The van der Waals surface area contributed by atoms with E-state index in [1.165, 1.54) is 13.0 Å². The number of aromatic nitrogens is 1. The molecule has 2 aromatic rings. The topological polar surface area (TPSA) is 68.3 Å². The zero-order valence-electron chi connectivity index (χ0n) is 12.6. The van der Waals surface area contributed by atoms with Crippen molar-refractivity contribution in [1.29, 1.82) is 0 Å². The Morgan fingerprint density at radius 1 is 1.35 bits per heavy atom. The number of nitrogens with one attached hydrogen (secondary N) is 1. The lowest BCUT2D eigenvalue weighted by Gasteiger charge is -2.14. The van der Waals surface area contributed by atoms with E-state index in [-0.39, 0.29) is 11.7 Å². The maximum Gasteiger partial charge on any atom is 0.266 e. The number of benzene rings is 1. The van der Waals surface area contributed by atoms with Gasteiger partial charge < -0.3 is 4.74 Å². The van der Waals surface area contributed by atoms with Crippen molar-refractivity contribution in [3.05, 3.63) is 38.8 Å². The molecule has 0 bridgehead atoms. The molecule has 23 heavy (non-hydrogen) atoms. The molecule has 1 aromatic heterocycles. The number of aryl methyl sites for hydroxylation is 1. The van der Waals surface area contributed by atoms with Gasteiger partial charge in [0.1, 0.15) is 5.75 Å². The third-order valence-electron chi connectivity index (χ3n) is 2.91. The van der Waals surface area contributed by atoms with Gasteiger partial charge in [0.25, 0.3) is 5.91 Å². The number of amides is 1. The minimum Gasteiger partial charge on any atom is -0.479 e. The molecular weight excluding hydrogens is 359 g/mol. The van der Waals surface area contributed by atoms with Gasteiger partial charge in [-0.2, -0.15) is 0 Å². The van der Waals surface area contributed by atoms with Gasteiger partial charge >= 0.3 is 0 Å². The van der Waals surface area contributed by atoms with Crippen LogP contribution in [0.1, 0.15) is 29.2 Å². The fraction of sp³-hybridized carbons (Fsp3) is 0.267. The second-order valence-corrected chi connectivity index (χ2v) is 6.66. The van der Waals surface area contributed by atoms with E-state index in [1.54, 1.807) is 26.0 Å². The summed E-state index contributed by atoms with van der Waals surface area (Å²) in [5.74, 6) is -0.115. The van der Waals surface area contributed by atoms with E-state index in [4.69, 9.17) is 27.9 Å². The van der Waals surface area contributed by atoms with Crippen LogP contribution >= 0.6 is 34.5 Å². The van der Waals surface area contributed by atoms with Gasteiger partial charge in [-0.25, -0.2) is 4.98 Å². The number of Topliss-reactive ketones (excluding diaryl/α,β-unsaturated/α-hetero) is 1. The summed E-state index contributed by atoms with van der Waals surface area (Å²) in [6.07, 6.45) is -0.793. The number of ether oxygens (including phenoxy) is 1. The van der Waals surface area contributed by atoms with Gasteiger partial charge in [-0.15, -0.1) is 0 Å². The van der Waals surface area contributed by atoms with Crippen molar-refractivity contribution in [2.45, 2.75) is 26.9 Å². The molecule has 1 N–H and O–H groups in total. The van der Waals surface area contributed by atoms with Crippen LogP contribution in [0.5, 0.6) is 5.75 Å². The van der Waals surface area contributed by atoms with E-state index < -0.39 is 6.10 Å². The lowest BCUT2D eigenvalue weighted by atomic mass is 10.3. The summed E-state index contributed by atoms with van der Waals surface area (Å²) in [6, 6.07) is 4.75. The monoisotopic (exact) mass is 372 g/mol. The third-order valence-corrected chi connectivity index (χ3v) is 4.62. The minimum atomic E-state index is -0.793. The van der Waals surface area contributed by atoms with E-state index in [2.05, 4.69) is 10.3 Å². The maximum atomic E-state index is 12.2. The fourth-order valence-corrected chi connectivity index (χ4v) is 3.12. The van der Waals surface area contributed by atoms with E-state index in [9.17, 15) is 9.59 Å². The van der Waals surface area contributed by atoms with Crippen molar-refractivity contribution in [3.8, 4) is 5.75 Å². The highest BCUT2D eigenvalue weighted by atomic mass is 35.5.